The average molecular weight is 398 g/mol. The first-order valence-electron chi connectivity index (χ1n) is 9.45. The Balaban J connectivity index is 1.68. The molecule has 7 heteroatoms. The summed E-state index contributed by atoms with van der Waals surface area (Å²) in [5.41, 5.74) is 1.03. The van der Waals surface area contributed by atoms with E-state index in [0.29, 0.717) is 24.8 Å². The predicted octanol–water partition coefficient (Wildman–Crippen LogP) is 3.31. The lowest BCUT2D eigenvalue weighted by atomic mass is 10.1. The van der Waals surface area contributed by atoms with Gasteiger partial charge in [0.1, 0.15) is 0 Å². The molecular formula is C19H28ClN3O2S. The average Bonchev–Trinajstić information content (AvgIpc) is 3.22. The number of guanidine groups is 1. The molecule has 26 heavy (non-hydrogen) atoms. The molecule has 1 heterocycles. The number of nitrogens with zero attached hydrogens (tertiary/aromatic N) is 1. The number of aliphatic imine (C=N–C) groups is 1. The second-order valence-electron chi connectivity index (χ2n) is 7.47. The topological polar surface area (TPSA) is 70.6 Å². The third kappa shape index (κ3) is 5.36. The minimum atomic E-state index is -2.86. The van der Waals surface area contributed by atoms with Gasteiger partial charge in [-0.15, -0.1) is 0 Å². The van der Waals surface area contributed by atoms with Gasteiger partial charge in [0.15, 0.2) is 15.8 Å². The fourth-order valence-corrected chi connectivity index (χ4v) is 5.89. The van der Waals surface area contributed by atoms with Crippen LogP contribution in [0.2, 0.25) is 5.02 Å². The van der Waals surface area contributed by atoms with E-state index in [0.717, 1.165) is 29.4 Å². The summed E-state index contributed by atoms with van der Waals surface area (Å²) >= 11 is 6.32. The molecule has 2 aliphatic rings. The summed E-state index contributed by atoms with van der Waals surface area (Å²) in [7, 11) is -2.86. The van der Waals surface area contributed by atoms with Crippen LogP contribution in [0.1, 0.15) is 50.6 Å². The van der Waals surface area contributed by atoms with Gasteiger partial charge in [-0.2, -0.15) is 0 Å². The summed E-state index contributed by atoms with van der Waals surface area (Å²) in [4.78, 5) is 4.72. The van der Waals surface area contributed by atoms with Crippen LogP contribution in [-0.4, -0.2) is 38.5 Å². The van der Waals surface area contributed by atoms with E-state index < -0.39 is 9.84 Å². The van der Waals surface area contributed by atoms with E-state index in [9.17, 15) is 8.42 Å². The first-order chi connectivity index (χ1) is 12.4. The predicted molar refractivity (Wildman–Crippen MR) is 107 cm³/mol. The molecule has 144 valence electrons. The Labute approximate surface area is 161 Å². The highest BCUT2D eigenvalue weighted by Gasteiger charge is 2.28. The normalized spacial score (nSPS) is 24.5. The molecule has 2 N–H and O–H groups in total. The molecule has 0 aromatic heterocycles. The van der Waals surface area contributed by atoms with Crippen LogP contribution in [0.3, 0.4) is 0 Å². The van der Waals surface area contributed by atoms with Crippen LogP contribution in [0.25, 0.3) is 0 Å². The first kappa shape index (κ1) is 19.5. The van der Waals surface area contributed by atoms with Crippen LogP contribution in [0, 0.1) is 5.92 Å². The minimum absolute atomic E-state index is 0.0173. The van der Waals surface area contributed by atoms with Crippen LogP contribution in [0.15, 0.2) is 29.3 Å². The van der Waals surface area contributed by atoms with Crippen LogP contribution < -0.4 is 10.6 Å². The molecule has 5 nitrogen and oxygen atoms in total. The van der Waals surface area contributed by atoms with E-state index in [1.165, 1.54) is 12.8 Å². The highest BCUT2D eigenvalue weighted by Crippen LogP contribution is 2.23. The van der Waals surface area contributed by atoms with Gasteiger partial charge in [0.2, 0.25) is 0 Å². The minimum Gasteiger partial charge on any atom is -0.354 e. The molecule has 0 bridgehead atoms. The summed E-state index contributed by atoms with van der Waals surface area (Å²) in [6.45, 7) is 2.60. The van der Waals surface area contributed by atoms with Gasteiger partial charge in [0.05, 0.1) is 17.5 Å². The molecule has 0 amide bonds. The number of benzene rings is 1. The Hall–Kier alpha value is -1.27. The van der Waals surface area contributed by atoms with E-state index in [1.54, 1.807) is 0 Å². The Morgan fingerprint density at radius 1 is 1.27 bits per heavy atom. The Bertz CT molecular complexity index is 745. The van der Waals surface area contributed by atoms with Crippen LogP contribution in [-0.2, 0) is 9.84 Å². The van der Waals surface area contributed by atoms with Crippen molar-refractivity contribution < 1.29 is 8.42 Å². The Kier molecular flexibility index (Phi) is 6.46. The van der Waals surface area contributed by atoms with Crippen molar-refractivity contribution in [1.82, 2.24) is 10.6 Å². The summed E-state index contributed by atoms with van der Waals surface area (Å²) < 4.78 is 23.3. The van der Waals surface area contributed by atoms with Crippen molar-refractivity contribution in [3.8, 4) is 0 Å². The lowest BCUT2D eigenvalue weighted by Gasteiger charge is -2.22. The van der Waals surface area contributed by atoms with Gasteiger partial charge in [0.25, 0.3) is 0 Å². The lowest BCUT2D eigenvalue weighted by molar-refractivity contribution is 0.572. The zero-order chi connectivity index (χ0) is 18.6. The molecule has 0 radical (unpaired) electrons. The summed E-state index contributed by atoms with van der Waals surface area (Å²) in [6, 6.07) is 8.25. The van der Waals surface area contributed by atoms with E-state index in [4.69, 9.17) is 16.6 Å². The summed E-state index contributed by atoms with van der Waals surface area (Å²) in [6.07, 6.45) is 5.50. The maximum atomic E-state index is 11.7. The molecule has 1 saturated carbocycles. The number of hydrogen-bond donors (Lipinski definition) is 2. The number of rotatable bonds is 5. The summed E-state index contributed by atoms with van der Waals surface area (Å²) in [5.74, 6) is 1.43. The Morgan fingerprint density at radius 2 is 2.00 bits per heavy atom. The molecule has 3 rings (SSSR count). The molecule has 1 saturated heterocycles. The van der Waals surface area contributed by atoms with Crippen molar-refractivity contribution in [3.05, 3.63) is 34.9 Å². The molecule has 1 aromatic carbocycles. The van der Waals surface area contributed by atoms with Crippen molar-refractivity contribution in [1.29, 1.82) is 0 Å². The van der Waals surface area contributed by atoms with Gasteiger partial charge in [-0.05, 0) is 43.7 Å². The standard InChI is InChI=1S/C19H28ClN3O2S/c1-14(17-8-4-5-9-18(17)20)22-19(23-16-6-2-3-7-16)21-12-15-10-11-26(24,25)13-15/h4-5,8-9,14-16H,2-3,6-7,10-13H2,1H3,(H2,21,22,23). The molecule has 2 unspecified atom stereocenters. The molecular weight excluding hydrogens is 370 g/mol. The van der Waals surface area contributed by atoms with E-state index in [1.807, 2.05) is 24.3 Å². The van der Waals surface area contributed by atoms with Crippen molar-refractivity contribution in [3.63, 3.8) is 0 Å². The molecule has 0 spiro atoms. The lowest BCUT2D eigenvalue weighted by Crippen LogP contribution is -2.43. The quantitative estimate of drug-likeness (QED) is 0.590. The van der Waals surface area contributed by atoms with Gasteiger partial charge >= 0.3 is 0 Å². The maximum absolute atomic E-state index is 11.7. The van der Waals surface area contributed by atoms with Crippen LogP contribution in [0.4, 0.5) is 0 Å². The number of halogens is 1. The fourth-order valence-electron chi connectivity index (χ4n) is 3.74. The van der Waals surface area contributed by atoms with Crippen LogP contribution in [0.5, 0.6) is 0 Å². The first-order valence-corrected chi connectivity index (χ1v) is 11.7. The van der Waals surface area contributed by atoms with Crippen molar-refractivity contribution >= 4 is 27.4 Å². The van der Waals surface area contributed by atoms with E-state index in [2.05, 4.69) is 17.6 Å². The Morgan fingerprint density at radius 3 is 2.65 bits per heavy atom. The molecule has 1 aliphatic heterocycles. The third-order valence-electron chi connectivity index (χ3n) is 5.26. The second kappa shape index (κ2) is 8.61. The summed E-state index contributed by atoms with van der Waals surface area (Å²) in [5, 5.41) is 7.71. The van der Waals surface area contributed by atoms with Gasteiger partial charge in [-0.25, -0.2) is 8.42 Å². The zero-order valence-corrected chi connectivity index (χ0v) is 16.8. The molecule has 1 aromatic rings. The van der Waals surface area contributed by atoms with Gasteiger partial charge < -0.3 is 10.6 Å². The van der Waals surface area contributed by atoms with Gasteiger partial charge in [-0.3, -0.25) is 4.99 Å². The monoisotopic (exact) mass is 397 g/mol. The van der Waals surface area contributed by atoms with E-state index in [-0.39, 0.29) is 17.7 Å². The van der Waals surface area contributed by atoms with Gasteiger partial charge in [-0.1, -0.05) is 42.6 Å². The number of hydrogen-bond acceptors (Lipinski definition) is 3. The maximum Gasteiger partial charge on any atom is 0.191 e. The molecule has 1 aliphatic carbocycles. The molecule has 2 atom stereocenters. The van der Waals surface area contributed by atoms with Crippen molar-refractivity contribution in [2.24, 2.45) is 10.9 Å². The van der Waals surface area contributed by atoms with Crippen molar-refractivity contribution in [2.45, 2.75) is 51.1 Å². The fraction of sp³-hybridized carbons (Fsp3) is 0.632. The SMILES string of the molecule is CC(NC(=NCC1CCS(=O)(=O)C1)NC1CCCC1)c1ccccc1Cl. The molecule has 2 fully saturated rings. The second-order valence-corrected chi connectivity index (χ2v) is 10.1. The van der Waals surface area contributed by atoms with E-state index >= 15 is 0 Å². The highest BCUT2D eigenvalue weighted by atomic mass is 35.5. The number of sulfone groups is 1. The van der Waals surface area contributed by atoms with Crippen molar-refractivity contribution in [2.75, 3.05) is 18.1 Å². The third-order valence-corrected chi connectivity index (χ3v) is 7.44. The largest absolute Gasteiger partial charge is 0.354 e. The smallest absolute Gasteiger partial charge is 0.191 e. The highest BCUT2D eigenvalue weighted by molar-refractivity contribution is 7.91. The van der Waals surface area contributed by atoms with Crippen LogP contribution >= 0.6 is 11.6 Å². The van der Waals surface area contributed by atoms with Gasteiger partial charge in [0, 0.05) is 17.6 Å². The number of nitrogens with one attached hydrogen (secondary N) is 2. The zero-order valence-electron chi connectivity index (χ0n) is 15.2.